The molecule has 1 nitrogen and oxygen atoms in total. The third-order valence-electron chi connectivity index (χ3n) is 4.66. The Balaban J connectivity index is 1.63. The predicted octanol–water partition coefficient (Wildman–Crippen LogP) is 6.43. The number of thioether (sulfide) groups is 1. The van der Waals surface area contributed by atoms with Gasteiger partial charge in [-0.1, -0.05) is 54.6 Å². The van der Waals surface area contributed by atoms with Crippen molar-refractivity contribution >= 4 is 22.7 Å². The van der Waals surface area contributed by atoms with Crippen LogP contribution in [0.3, 0.4) is 0 Å². The molecule has 130 valence electrons. The van der Waals surface area contributed by atoms with Crippen molar-refractivity contribution in [1.29, 1.82) is 0 Å². The summed E-state index contributed by atoms with van der Waals surface area (Å²) < 4.78 is 15.4. The predicted molar refractivity (Wildman–Crippen MR) is 108 cm³/mol. The SMILES string of the molecule is Cc1ccccc1CSc1cn(Cc2ccc(F)cc2)c2ccccc12. The monoisotopic (exact) mass is 361 g/mol. The molecule has 4 rings (SSSR count). The molecule has 0 saturated carbocycles. The van der Waals surface area contributed by atoms with E-state index in [4.69, 9.17) is 0 Å². The van der Waals surface area contributed by atoms with Crippen LogP contribution in [-0.2, 0) is 12.3 Å². The molecule has 0 bridgehead atoms. The zero-order valence-electron chi connectivity index (χ0n) is 14.7. The van der Waals surface area contributed by atoms with Crippen molar-refractivity contribution in [3.8, 4) is 0 Å². The van der Waals surface area contributed by atoms with E-state index in [2.05, 4.69) is 66.2 Å². The van der Waals surface area contributed by atoms with Crippen LogP contribution in [0.5, 0.6) is 0 Å². The highest BCUT2D eigenvalue weighted by Crippen LogP contribution is 2.33. The molecule has 0 aliphatic rings. The minimum absolute atomic E-state index is 0.194. The van der Waals surface area contributed by atoms with Gasteiger partial charge in [0.05, 0.1) is 0 Å². The Bertz CT molecular complexity index is 1030. The highest BCUT2D eigenvalue weighted by molar-refractivity contribution is 7.98. The van der Waals surface area contributed by atoms with Crippen molar-refractivity contribution in [3.63, 3.8) is 0 Å². The van der Waals surface area contributed by atoms with Gasteiger partial charge in [-0.3, -0.25) is 0 Å². The average Bonchev–Trinajstić information content (AvgIpc) is 3.01. The molecule has 3 aromatic carbocycles. The molecule has 0 N–H and O–H groups in total. The number of aromatic nitrogens is 1. The van der Waals surface area contributed by atoms with Gasteiger partial charge in [-0.2, -0.15) is 0 Å². The molecule has 26 heavy (non-hydrogen) atoms. The molecule has 4 aromatic rings. The molecule has 0 saturated heterocycles. The summed E-state index contributed by atoms with van der Waals surface area (Å²) in [7, 11) is 0. The summed E-state index contributed by atoms with van der Waals surface area (Å²) in [4.78, 5) is 1.28. The number of rotatable bonds is 5. The Morgan fingerprint density at radius 3 is 2.42 bits per heavy atom. The lowest BCUT2D eigenvalue weighted by molar-refractivity contribution is 0.626. The summed E-state index contributed by atoms with van der Waals surface area (Å²) in [6.45, 7) is 2.90. The fourth-order valence-electron chi connectivity index (χ4n) is 3.17. The van der Waals surface area contributed by atoms with Crippen molar-refractivity contribution in [2.24, 2.45) is 0 Å². The van der Waals surface area contributed by atoms with E-state index in [1.54, 1.807) is 0 Å². The van der Waals surface area contributed by atoms with E-state index in [1.165, 1.54) is 39.1 Å². The van der Waals surface area contributed by atoms with Crippen molar-refractivity contribution < 1.29 is 4.39 Å². The molecule has 0 fully saturated rings. The Kier molecular flexibility index (Phi) is 4.81. The zero-order valence-corrected chi connectivity index (χ0v) is 15.5. The molecular weight excluding hydrogens is 341 g/mol. The Hall–Kier alpha value is -2.52. The molecule has 1 aromatic heterocycles. The van der Waals surface area contributed by atoms with E-state index in [-0.39, 0.29) is 5.82 Å². The second-order valence-electron chi connectivity index (χ2n) is 6.48. The second kappa shape index (κ2) is 7.38. The van der Waals surface area contributed by atoms with Gasteiger partial charge in [-0.25, -0.2) is 4.39 Å². The fraction of sp³-hybridized carbons (Fsp3) is 0.130. The number of hydrogen-bond donors (Lipinski definition) is 0. The normalized spacial score (nSPS) is 11.2. The molecule has 0 amide bonds. The van der Waals surface area contributed by atoms with Gasteiger partial charge in [0.25, 0.3) is 0 Å². The minimum Gasteiger partial charge on any atom is -0.342 e. The number of nitrogens with zero attached hydrogens (tertiary/aromatic N) is 1. The van der Waals surface area contributed by atoms with Crippen LogP contribution < -0.4 is 0 Å². The summed E-state index contributed by atoms with van der Waals surface area (Å²) in [5.41, 5.74) is 5.01. The maximum Gasteiger partial charge on any atom is 0.123 e. The van der Waals surface area contributed by atoms with Gasteiger partial charge in [0.1, 0.15) is 5.82 Å². The first-order chi connectivity index (χ1) is 12.7. The van der Waals surface area contributed by atoms with Gasteiger partial charge in [0, 0.05) is 34.3 Å². The van der Waals surface area contributed by atoms with Crippen LogP contribution in [0.4, 0.5) is 4.39 Å². The molecule has 3 heteroatoms. The summed E-state index contributed by atoms with van der Waals surface area (Å²) in [5, 5.41) is 1.27. The smallest absolute Gasteiger partial charge is 0.123 e. The number of fused-ring (bicyclic) bond motifs is 1. The summed E-state index contributed by atoms with van der Waals surface area (Å²) >= 11 is 1.87. The Labute approximate surface area is 157 Å². The molecule has 0 atom stereocenters. The molecule has 0 aliphatic carbocycles. The van der Waals surface area contributed by atoms with Crippen molar-refractivity contribution in [2.45, 2.75) is 24.1 Å². The lowest BCUT2D eigenvalue weighted by Gasteiger charge is -2.05. The Morgan fingerprint density at radius 1 is 0.885 bits per heavy atom. The maximum absolute atomic E-state index is 13.2. The first kappa shape index (κ1) is 16.9. The fourth-order valence-corrected chi connectivity index (χ4v) is 4.34. The van der Waals surface area contributed by atoms with E-state index in [0.717, 1.165) is 17.9 Å². The molecular formula is C23H20FNS. The van der Waals surface area contributed by atoms with Gasteiger partial charge in [0.15, 0.2) is 0 Å². The number of para-hydroxylation sites is 1. The quantitative estimate of drug-likeness (QED) is 0.371. The molecule has 0 spiro atoms. The molecule has 0 aliphatic heterocycles. The highest BCUT2D eigenvalue weighted by Gasteiger charge is 2.10. The van der Waals surface area contributed by atoms with Gasteiger partial charge in [-0.15, -0.1) is 11.8 Å². The molecule has 0 radical (unpaired) electrons. The highest BCUT2D eigenvalue weighted by atomic mass is 32.2. The average molecular weight is 361 g/mol. The summed E-state index contributed by atoms with van der Waals surface area (Å²) in [6.07, 6.45) is 2.22. The van der Waals surface area contributed by atoms with Crippen LogP contribution in [0.1, 0.15) is 16.7 Å². The van der Waals surface area contributed by atoms with Gasteiger partial charge >= 0.3 is 0 Å². The van der Waals surface area contributed by atoms with Crippen molar-refractivity contribution in [3.05, 3.63) is 102 Å². The topological polar surface area (TPSA) is 4.93 Å². The van der Waals surface area contributed by atoms with Crippen molar-refractivity contribution in [1.82, 2.24) is 4.57 Å². The van der Waals surface area contributed by atoms with Crippen LogP contribution in [0.2, 0.25) is 0 Å². The van der Waals surface area contributed by atoms with Crippen LogP contribution in [-0.4, -0.2) is 4.57 Å². The number of hydrogen-bond acceptors (Lipinski definition) is 1. The van der Waals surface area contributed by atoms with E-state index in [9.17, 15) is 4.39 Å². The Morgan fingerprint density at radius 2 is 1.62 bits per heavy atom. The van der Waals surface area contributed by atoms with E-state index in [1.807, 2.05) is 23.9 Å². The van der Waals surface area contributed by atoms with Crippen molar-refractivity contribution in [2.75, 3.05) is 0 Å². The number of aryl methyl sites for hydroxylation is 1. The van der Waals surface area contributed by atoms with E-state index < -0.39 is 0 Å². The van der Waals surface area contributed by atoms with Crippen LogP contribution in [0.25, 0.3) is 10.9 Å². The molecule has 1 heterocycles. The second-order valence-corrected chi connectivity index (χ2v) is 7.50. The first-order valence-corrected chi connectivity index (χ1v) is 9.69. The zero-order chi connectivity index (χ0) is 17.9. The van der Waals surface area contributed by atoms with Gasteiger partial charge in [-0.05, 0) is 41.8 Å². The third kappa shape index (κ3) is 3.54. The summed E-state index contributed by atoms with van der Waals surface area (Å²) in [6, 6.07) is 23.8. The van der Waals surface area contributed by atoms with Gasteiger partial charge in [0.2, 0.25) is 0 Å². The van der Waals surface area contributed by atoms with Crippen LogP contribution >= 0.6 is 11.8 Å². The minimum atomic E-state index is -0.194. The third-order valence-corrected chi connectivity index (χ3v) is 5.75. The number of benzene rings is 3. The maximum atomic E-state index is 13.2. The largest absolute Gasteiger partial charge is 0.342 e. The lowest BCUT2D eigenvalue weighted by Crippen LogP contribution is -1.97. The first-order valence-electron chi connectivity index (χ1n) is 8.70. The van der Waals surface area contributed by atoms with E-state index >= 15 is 0 Å². The van der Waals surface area contributed by atoms with Crippen LogP contribution in [0.15, 0.2) is 83.9 Å². The van der Waals surface area contributed by atoms with Crippen LogP contribution in [0, 0.1) is 12.7 Å². The lowest BCUT2D eigenvalue weighted by atomic mass is 10.1. The van der Waals surface area contributed by atoms with Gasteiger partial charge < -0.3 is 4.57 Å². The number of halogens is 1. The standard InChI is InChI=1S/C23H20FNS/c1-17-6-2-3-7-19(17)16-26-23-15-25(22-9-5-4-8-21(22)23)14-18-10-12-20(24)13-11-18/h2-13,15H,14,16H2,1H3. The molecule has 0 unspecified atom stereocenters. The summed E-state index contributed by atoms with van der Waals surface area (Å²) in [5.74, 6) is 0.762. The van der Waals surface area contributed by atoms with E-state index in [0.29, 0.717) is 0 Å².